The fraction of sp³-hybridized carbons (Fsp3) is 0.769. The standard InChI is InChI=1S/C13H21N3O/c1-2-12(1)16-10-15-9-13(16)8-14-7-11-3-5-17-6-4-11/h9-12,14H,1-8H2. The first-order valence-electron chi connectivity index (χ1n) is 6.72. The number of nitrogens with one attached hydrogen (secondary N) is 1. The average Bonchev–Trinajstić information content (AvgIpc) is 3.11. The minimum atomic E-state index is 0.734. The largest absolute Gasteiger partial charge is 0.381 e. The number of nitrogens with zero attached hydrogens (tertiary/aromatic N) is 2. The lowest BCUT2D eigenvalue weighted by molar-refractivity contribution is 0.0662. The lowest BCUT2D eigenvalue weighted by atomic mass is 10.0. The molecule has 2 fully saturated rings. The van der Waals surface area contributed by atoms with Gasteiger partial charge in [-0.05, 0) is 38.1 Å². The zero-order valence-corrected chi connectivity index (χ0v) is 10.3. The summed E-state index contributed by atoms with van der Waals surface area (Å²) in [5, 5.41) is 3.56. The average molecular weight is 235 g/mol. The van der Waals surface area contributed by atoms with E-state index in [1.807, 2.05) is 12.5 Å². The van der Waals surface area contributed by atoms with E-state index >= 15 is 0 Å². The fourth-order valence-corrected chi connectivity index (χ4v) is 2.51. The van der Waals surface area contributed by atoms with Crippen molar-refractivity contribution in [3.05, 3.63) is 18.2 Å². The molecule has 2 aliphatic rings. The van der Waals surface area contributed by atoms with Crippen LogP contribution in [0.5, 0.6) is 0 Å². The Morgan fingerprint density at radius 3 is 2.88 bits per heavy atom. The summed E-state index contributed by atoms with van der Waals surface area (Å²) >= 11 is 0. The van der Waals surface area contributed by atoms with Gasteiger partial charge >= 0.3 is 0 Å². The Bertz CT molecular complexity index is 353. The minimum Gasteiger partial charge on any atom is -0.381 e. The van der Waals surface area contributed by atoms with Crippen molar-refractivity contribution in [3.8, 4) is 0 Å². The van der Waals surface area contributed by atoms with E-state index in [4.69, 9.17) is 4.74 Å². The Balaban J connectivity index is 1.45. The maximum atomic E-state index is 5.37. The molecule has 0 radical (unpaired) electrons. The molecule has 4 heteroatoms. The molecule has 17 heavy (non-hydrogen) atoms. The topological polar surface area (TPSA) is 39.1 Å². The molecule has 3 rings (SSSR count). The summed E-state index contributed by atoms with van der Waals surface area (Å²) in [7, 11) is 0. The molecular weight excluding hydrogens is 214 g/mol. The third-order valence-electron chi connectivity index (χ3n) is 3.77. The molecule has 94 valence electrons. The van der Waals surface area contributed by atoms with E-state index < -0.39 is 0 Å². The van der Waals surface area contributed by atoms with Crippen LogP contribution in [0.2, 0.25) is 0 Å². The van der Waals surface area contributed by atoms with Gasteiger partial charge in [-0.1, -0.05) is 0 Å². The molecule has 0 unspecified atom stereocenters. The second-order valence-electron chi connectivity index (χ2n) is 5.21. The highest BCUT2D eigenvalue weighted by molar-refractivity contribution is 5.03. The summed E-state index contributed by atoms with van der Waals surface area (Å²) in [5.41, 5.74) is 1.33. The van der Waals surface area contributed by atoms with Crippen LogP contribution in [0.1, 0.15) is 37.4 Å². The van der Waals surface area contributed by atoms with Crippen LogP contribution in [-0.4, -0.2) is 29.3 Å². The predicted octanol–water partition coefficient (Wildman–Crippen LogP) is 1.73. The molecule has 1 saturated carbocycles. The van der Waals surface area contributed by atoms with Gasteiger partial charge < -0.3 is 14.6 Å². The fourth-order valence-electron chi connectivity index (χ4n) is 2.51. The molecule has 0 bridgehead atoms. The lowest BCUT2D eigenvalue weighted by Gasteiger charge is -2.22. The zero-order chi connectivity index (χ0) is 11.5. The predicted molar refractivity (Wildman–Crippen MR) is 65.7 cm³/mol. The van der Waals surface area contributed by atoms with Crippen molar-refractivity contribution in [2.24, 2.45) is 5.92 Å². The van der Waals surface area contributed by atoms with E-state index in [0.717, 1.165) is 38.3 Å². The molecule has 0 atom stereocenters. The molecule has 1 aromatic heterocycles. The molecule has 0 aromatic carbocycles. The molecule has 1 aliphatic carbocycles. The number of rotatable bonds is 5. The number of hydrogen-bond donors (Lipinski definition) is 1. The molecule has 1 aromatic rings. The summed E-state index contributed by atoms with van der Waals surface area (Å²) in [6.07, 6.45) is 9.02. The summed E-state index contributed by atoms with van der Waals surface area (Å²) < 4.78 is 7.70. The van der Waals surface area contributed by atoms with Crippen LogP contribution in [0.15, 0.2) is 12.5 Å². The van der Waals surface area contributed by atoms with E-state index in [9.17, 15) is 0 Å². The van der Waals surface area contributed by atoms with Crippen molar-refractivity contribution in [3.63, 3.8) is 0 Å². The highest BCUT2D eigenvalue weighted by Gasteiger charge is 2.25. The van der Waals surface area contributed by atoms with E-state index in [2.05, 4.69) is 14.9 Å². The molecule has 0 spiro atoms. The van der Waals surface area contributed by atoms with Crippen LogP contribution in [0.3, 0.4) is 0 Å². The van der Waals surface area contributed by atoms with Crippen molar-refractivity contribution < 1.29 is 4.74 Å². The number of ether oxygens (including phenoxy) is 1. The Morgan fingerprint density at radius 2 is 2.12 bits per heavy atom. The van der Waals surface area contributed by atoms with E-state index in [0.29, 0.717) is 0 Å². The van der Waals surface area contributed by atoms with Crippen molar-refractivity contribution in [1.82, 2.24) is 14.9 Å². The second kappa shape index (κ2) is 5.19. The third-order valence-corrected chi connectivity index (χ3v) is 3.77. The smallest absolute Gasteiger partial charge is 0.0951 e. The second-order valence-corrected chi connectivity index (χ2v) is 5.21. The Morgan fingerprint density at radius 1 is 1.29 bits per heavy atom. The van der Waals surface area contributed by atoms with Crippen LogP contribution >= 0.6 is 0 Å². The van der Waals surface area contributed by atoms with Crippen molar-refractivity contribution >= 4 is 0 Å². The van der Waals surface area contributed by atoms with Crippen LogP contribution in [0, 0.1) is 5.92 Å². The van der Waals surface area contributed by atoms with E-state index in [-0.39, 0.29) is 0 Å². The molecule has 1 aliphatic heterocycles. The first kappa shape index (κ1) is 11.2. The van der Waals surface area contributed by atoms with Crippen LogP contribution in [-0.2, 0) is 11.3 Å². The van der Waals surface area contributed by atoms with Gasteiger partial charge in [0.1, 0.15) is 0 Å². The van der Waals surface area contributed by atoms with Crippen molar-refractivity contribution in [2.75, 3.05) is 19.8 Å². The monoisotopic (exact) mass is 235 g/mol. The zero-order valence-electron chi connectivity index (χ0n) is 10.3. The van der Waals surface area contributed by atoms with Crippen LogP contribution in [0.25, 0.3) is 0 Å². The van der Waals surface area contributed by atoms with Gasteiger partial charge in [0, 0.05) is 32.0 Å². The minimum absolute atomic E-state index is 0.734. The third kappa shape index (κ3) is 2.87. The summed E-state index contributed by atoms with van der Waals surface area (Å²) in [6, 6.07) is 0.734. The molecule has 0 amide bonds. The molecule has 2 heterocycles. The number of hydrogen-bond acceptors (Lipinski definition) is 3. The van der Waals surface area contributed by atoms with Gasteiger partial charge in [-0.25, -0.2) is 4.98 Å². The first-order valence-corrected chi connectivity index (χ1v) is 6.72. The first-order chi connectivity index (χ1) is 8.43. The van der Waals surface area contributed by atoms with Crippen LogP contribution < -0.4 is 5.32 Å². The summed E-state index contributed by atoms with van der Waals surface area (Å²) in [6.45, 7) is 3.94. The van der Waals surface area contributed by atoms with Gasteiger partial charge in [-0.15, -0.1) is 0 Å². The summed E-state index contributed by atoms with van der Waals surface area (Å²) in [5.74, 6) is 0.793. The number of imidazole rings is 1. The van der Waals surface area contributed by atoms with Crippen molar-refractivity contribution in [2.45, 2.75) is 38.3 Å². The van der Waals surface area contributed by atoms with Gasteiger partial charge in [0.15, 0.2) is 0 Å². The lowest BCUT2D eigenvalue weighted by Crippen LogP contribution is -2.28. The molecular formula is C13H21N3O. The van der Waals surface area contributed by atoms with E-state index in [1.54, 1.807) is 0 Å². The van der Waals surface area contributed by atoms with Gasteiger partial charge in [0.05, 0.1) is 12.0 Å². The van der Waals surface area contributed by atoms with Crippen LogP contribution in [0.4, 0.5) is 0 Å². The molecule has 1 N–H and O–H groups in total. The quantitative estimate of drug-likeness (QED) is 0.845. The molecule has 4 nitrogen and oxygen atoms in total. The Labute approximate surface area is 102 Å². The maximum Gasteiger partial charge on any atom is 0.0951 e. The maximum absolute atomic E-state index is 5.37. The Hall–Kier alpha value is -0.870. The highest BCUT2D eigenvalue weighted by Crippen LogP contribution is 2.35. The summed E-state index contributed by atoms with van der Waals surface area (Å²) in [4.78, 5) is 4.25. The highest BCUT2D eigenvalue weighted by atomic mass is 16.5. The van der Waals surface area contributed by atoms with Gasteiger partial charge in [-0.2, -0.15) is 0 Å². The van der Waals surface area contributed by atoms with Gasteiger partial charge in [-0.3, -0.25) is 0 Å². The van der Waals surface area contributed by atoms with Gasteiger partial charge in [0.2, 0.25) is 0 Å². The van der Waals surface area contributed by atoms with E-state index in [1.165, 1.54) is 31.4 Å². The van der Waals surface area contributed by atoms with Crippen molar-refractivity contribution in [1.29, 1.82) is 0 Å². The van der Waals surface area contributed by atoms with Gasteiger partial charge in [0.25, 0.3) is 0 Å². The normalized spacial score (nSPS) is 21.9. The Kier molecular flexibility index (Phi) is 3.43. The number of aromatic nitrogens is 2. The molecule has 1 saturated heterocycles. The SMILES string of the molecule is c1ncn(C2CC2)c1CNCC1CCOCC1.